The summed E-state index contributed by atoms with van der Waals surface area (Å²) in [5, 5.41) is 25.8. The zero-order chi connectivity index (χ0) is 19.9. The smallest absolute Gasteiger partial charge is 0.342 e. The SMILES string of the molecule is N#CCOc1ccc(/C=C(\Sc2n[nH]c(-c3ccc(Cl)cc3)n2)C(=O)O)cc1. The molecule has 0 aliphatic carbocycles. The molecule has 2 aromatic carbocycles. The van der Waals surface area contributed by atoms with Gasteiger partial charge in [0.25, 0.3) is 0 Å². The van der Waals surface area contributed by atoms with E-state index < -0.39 is 5.97 Å². The third-order valence-corrected chi connectivity index (χ3v) is 4.61. The number of ether oxygens (including phenoxy) is 1. The van der Waals surface area contributed by atoms with Crippen molar-refractivity contribution in [1.29, 1.82) is 5.26 Å². The molecule has 0 saturated carbocycles. The number of thioether (sulfide) groups is 1. The predicted molar refractivity (Wildman–Crippen MR) is 106 cm³/mol. The fraction of sp³-hybridized carbons (Fsp3) is 0.0526. The average molecular weight is 413 g/mol. The molecule has 9 heteroatoms. The highest BCUT2D eigenvalue weighted by Gasteiger charge is 2.14. The number of nitrogens with zero attached hydrogens (tertiary/aromatic N) is 3. The van der Waals surface area contributed by atoms with E-state index in [-0.39, 0.29) is 16.7 Å². The molecule has 140 valence electrons. The standard InChI is InChI=1S/C19H13ClN4O3S/c20-14-5-3-13(4-6-14)17-22-19(24-23-17)28-16(18(25)26)11-12-1-7-15(8-2-12)27-10-9-21/h1-8,11H,10H2,(H,25,26)(H,22,23,24)/b16-11-. The van der Waals surface area contributed by atoms with Crippen LogP contribution in [0.2, 0.25) is 5.02 Å². The van der Waals surface area contributed by atoms with Crippen LogP contribution in [0, 0.1) is 11.3 Å². The molecule has 0 aliphatic heterocycles. The van der Waals surface area contributed by atoms with Crippen molar-refractivity contribution in [3.63, 3.8) is 0 Å². The van der Waals surface area contributed by atoms with Gasteiger partial charge in [-0.15, -0.1) is 5.10 Å². The first kappa shape index (κ1) is 19.5. The van der Waals surface area contributed by atoms with E-state index in [0.717, 1.165) is 17.3 Å². The normalized spacial score (nSPS) is 11.1. The lowest BCUT2D eigenvalue weighted by Gasteiger charge is -2.03. The second kappa shape index (κ2) is 9.08. The van der Waals surface area contributed by atoms with Crippen LogP contribution in [0.1, 0.15) is 5.56 Å². The van der Waals surface area contributed by atoms with Crippen LogP contribution in [0.25, 0.3) is 17.5 Å². The summed E-state index contributed by atoms with van der Waals surface area (Å²) in [5.74, 6) is -0.0413. The van der Waals surface area contributed by atoms with Crippen LogP contribution in [-0.2, 0) is 4.79 Å². The van der Waals surface area contributed by atoms with Crippen LogP contribution in [0.15, 0.2) is 58.6 Å². The highest BCUT2D eigenvalue weighted by Crippen LogP contribution is 2.28. The summed E-state index contributed by atoms with van der Waals surface area (Å²) in [6.07, 6.45) is 1.51. The Labute approximate surface area is 169 Å². The van der Waals surface area contributed by atoms with Gasteiger partial charge in [-0.25, -0.2) is 9.78 Å². The molecule has 28 heavy (non-hydrogen) atoms. The summed E-state index contributed by atoms with van der Waals surface area (Å²) in [6, 6.07) is 15.7. The van der Waals surface area contributed by atoms with Gasteiger partial charge in [-0.05, 0) is 59.8 Å². The molecule has 0 bridgehead atoms. The fourth-order valence-corrected chi connectivity index (χ4v) is 3.02. The first-order valence-electron chi connectivity index (χ1n) is 7.96. The van der Waals surface area contributed by atoms with E-state index in [9.17, 15) is 9.90 Å². The Morgan fingerprint density at radius 3 is 2.61 bits per heavy atom. The number of carboxylic acid groups (broad SMARTS) is 1. The largest absolute Gasteiger partial charge is 0.479 e. The maximum absolute atomic E-state index is 11.6. The molecular formula is C19H13ClN4O3S. The number of carboxylic acids is 1. The maximum Gasteiger partial charge on any atom is 0.342 e. The van der Waals surface area contributed by atoms with E-state index in [0.29, 0.717) is 22.2 Å². The van der Waals surface area contributed by atoms with Crippen molar-refractivity contribution in [3.05, 3.63) is 64.0 Å². The molecule has 0 saturated heterocycles. The second-order valence-corrected chi connectivity index (χ2v) is 6.85. The van der Waals surface area contributed by atoms with Gasteiger partial charge in [-0.1, -0.05) is 23.7 Å². The number of aliphatic carboxylic acids is 1. The lowest BCUT2D eigenvalue weighted by molar-refractivity contribution is -0.131. The number of halogens is 1. The number of hydrogen-bond acceptors (Lipinski definition) is 6. The maximum atomic E-state index is 11.6. The van der Waals surface area contributed by atoms with Crippen molar-refractivity contribution in [3.8, 4) is 23.2 Å². The van der Waals surface area contributed by atoms with Crippen LogP contribution < -0.4 is 4.74 Å². The van der Waals surface area contributed by atoms with Gasteiger partial charge in [-0.2, -0.15) is 5.26 Å². The van der Waals surface area contributed by atoms with Gasteiger partial charge in [0, 0.05) is 10.6 Å². The Kier molecular flexibility index (Phi) is 6.32. The minimum Gasteiger partial charge on any atom is -0.479 e. The van der Waals surface area contributed by atoms with Crippen LogP contribution in [-0.4, -0.2) is 32.9 Å². The summed E-state index contributed by atoms with van der Waals surface area (Å²) in [4.78, 5) is 16.0. The number of benzene rings is 2. The van der Waals surface area contributed by atoms with Gasteiger partial charge in [0.2, 0.25) is 5.16 Å². The molecule has 0 aliphatic rings. The van der Waals surface area contributed by atoms with Crippen molar-refractivity contribution in [2.24, 2.45) is 0 Å². The Hall–Kier alpha value is -3.28. The fourth-order valence-electron chi connectivity index (χ4n) is 2.19. The molecule has 1 aromatic heterocycles. The van der Waals surface area contributed by atoms with Gasteiger partial charge in [0.1, 0.15) is 16.7 Å². The van der Waals surface area contributed by atoms with E-state index in [1.54, 1.807) is 48.5 Å². The molecule has 0 fully saturated rings. The molecular weight excluding hydrogens is 400 g/mol. The molecule has 7 nitrogen and oxygen atoms in total. The Morgan fingerprint density at radius 2 is 1.96 bits per heavy atom. The minimum absolute atomic E-state index is 0.0494. The zero-order valence-electron chi connectivity index (χ0n) is 14.3. The van der Waals surface area contributed by atoms with E-state index in [4.69, 9.17) is 21.6 Å². The molecule has 3 rings (SSSR count). The number of rotatable bonds is 7. The number of H-pyrrole nitrogens is 1. The van der Waals surface area contributed by atoms with Crippen LogP contribution in [0.4, 0.5) is 0 Å². The van der Waals surface area contributed by atoms with Gasteiger partial charge in [0.05, 0.1) is 0 Å². The van der Waals surface area contributed by atoms with E-state index in [1.165, 1.54) is 6.08 Å². The number of nitriles is 1. The molecule has 0 spiro atoms. The van der Waals surface area contributed by atoms with Crippen molar-refractivity contribution in [1.82, 2.24) is 15.2 Å². The van der Waals surface area contributed by atoms with E-state index >= 15 is 0 Å². The number of hydrogen-bond donors (Lipinski definition) is 2. The highest BCUT2D eigenvalue weighted by atomic mass is 35.5. The number of nitrogens with one attached hydrogen (secondary N) is 1. The summed E-state index contributed by atoms with van der Waals surface area (Å²) in [5.41, 5.74) is 1.46. The lowest BCUT2D eigenvalue weighted by Crippen LogP contribution is -1.97. The highest BCUT2D eigenvalue weighted by molar-refractivity contribution is 8.04. The molecule has 0 unspecified atom stereocenters. The third-order valence-electron chi connectivity index (χ3n) is 3.48. The topological polar surface area (TPSA) is 112 Å². The zero-order valence-corrected chi connectivity index (χ0v) is 15.9. The lowest BCUT2D eigenvalue weighted by atomic mass is 10.2. The Morgan fingerprint density at radius 1 is 1.25 bits per heavy atom. The number of carbonyl (C=O) groups is 1. The summed E-state index contributed by atoms with van der Waals surface area (Å²) >= 11 is 6.81. The van der Waals surface area contributed by atoms with Crippen LogP contribution >= 0.6 is 23.4 Å². The van der Waals surface area contributed by atoms with Gasteiger partial charge < -0.3 is 9.84 Å². The Balaban J connectivity index is 1.76. The monoisotopic (exact) mass is 412 g/mol. The summed E-state index contributed by atoms with van der Waals surface area (Å²) in [6.45, 7) is -0.0494. The van der Waals surface area contributed by atoms with Crippen molar-refractivity contribution < 1.29 is 14.6 Å². The van der Waals surface area contributed by atoms with Gasteiger partial charge in [-0.3, -0.25) is 5.10 Å². The first-order valence-corrected chi connectivity index (χ1v) is 9.15. The van der Waals surface area contributed by atoms with Gasteiger partial charge in [0.15, 0.2) is 12.4 Å². The van der Waals surface area contributed by atoms with Crippen molar-refractivity contribution in [2.45, 2.75) is 5.16 Å². The van der Waals surface area contributed by atoms with Crippen molar-refractivity contribution in [2.75, 3.05) is 6.61 Å². The number of aromatic amines is 1. The van der Waals surface area contributed by atoms with Crippen LogP contribution in [0.3, 0.4) is 0 Å². The summed E-state index contributed by atoms with van der Waals surface area (Å²) in [7, 11) is 0. The molecule has 0 atom stereocenters. The minimum atomic E-state index is -1.09. The third kappa shape index (κ3) is 5.13. The quantitative estimate of drug-likeness (QED) is 0.440. The predicted octanol–water partition coefficient (Wildman–Crippen LogP) is 4.25. The second-order valence-electron chi connectivity index (χ2n) is 5.41. The molecule has 0 radical (unpaired) electrons. The van der Waals surface area contributed by atoms with E-state index in [1.807, 2.05) is 6.07 Å². The average Bonchev–Trinajstić information content (AvgIpc) is 3.16. The first-order chi connectivity index (χ1) is 13.5. The van der Waals surface area contributed by atoms with Crippen LogP contribution in [0.5, 0.6) is 5.75 Å². The van der Waals surface area contributed by atoms with Crippen molar-refractivity contribution >= 4 is 35.4 Å². The number of aromatic nitrogens is 3. The van der Waals surface area contributed by atoms with Gasteiger partial charge >= 0.3 is 5.97 Å². The molecule has 1 heterocycles. The molecule has 3 aromatic rings. The Bertz CT molecular complexity index is 1040. The molecule has 2 N–H and O–H groups in total. The molecule has 0 amide bonds. The van der Waals surface area contributed by atoms with E-state index in [2.05, 4.69) is 15.2 Å². The summed E-state index contributed by atoms with van der Waals surface area (Å²) < 4.78 is 5.17.